The maximum Gasteiger partial charge on any atom is 0.408 e. The van der Waals surface area contributed by atoms with Gasteiger partial charge in [0.05, 0.1) is 11.9 Å². The first-order valence-corrected chi connectivity index (χ1v) is 8.97. The van der Waals surface area contributed by atoms with Crippen molar-refractivity contribution in [3.05, 3.63) is 58.8 Å². The summed E-state index contributed by atoms with van der Waals surface area (Å²) < 4.78 is 6.02. The predicted octanol–water partition coefficient (Wildman–Crippen LogP) is 3.92. The highest BCUT2D eigenvalue weighted by Crippen LogP contribution is 2.15. The predicted molar refractivity (Wildman–Crippen MR) is 104 cm³/mol. The summed E-state index contributed by atoms with van der Waals surface area (Å²) in [4.78, 5) is 28.9. The highest BCUT2D eigenvalue weighted by molar-refractivity contribution is 9.10. The van der Waals surface area contributed by atoms with Crippen molar-refractivity contribution in [3.63, 3.8) is 0 Å². The Morgan fingerprint density at radius 3 is 2.50 bits per heavy atom. The third kappa shape index (κ3) is 6.84. The molecule has 0 bridgehead atoms. The van der Waals surface area contributed by atoms with E-state index in [1.807, 2.05) is 30.3 Å². The Kier molecular flexibility index (Phi) is 6.74. The Hall–Kier alpha value is -2.41. The van der Waals surface area contributed by atoms with Gasteiger partial charge in [0.2, 0.25) is 5.91 Å². The molecule has 1 aromatic carbocycles. The number of benzene rings is 1. The Bertz CT molecular complexity index is 760. The van der Waals surface area contributed by atoms with Gasteiger partial charge in [-0.15, -0.1) is 0 Å². The van der Waals surface area contributed by atoms with Gasteiger partial charge in [0.25, 0.3) is 0 Å². The van der Waals surface area contributed by atoms with E-state index in [2.05, 4.69) is 31.5 Å². The van der Waals surface area contributed by atoms with Crippen molar-refractivity contribution < 1.29 is 14.3 Å². The van der Waals surface area contributed by atoms with Gasteiger partial charge in [-0.3, -0.25) is 9.78 Å². The molecule has 0 unspecified atom stereocenters. The first-order valence-electron chi connectivity index (χ1n) is 8.18. The van der Waals surface area contributed by atoms with Gasteiger partial charge < -0.3 is 15.4 Å². The van der Waals surface area contributed by atoms with Crippen LogP contribution in [0.5, 0.6) is 0 Å². The Labute approximate surface area is 161 Å². The molecule has 2 rings (SSSR count). The molecule has 1 heterocycles. The number of hydrogen-bond donors (Lipinski definition) is 2. The lowest BCUT2D eigenvalue weighted by molar-refractivity contribution is -0.118. The Morgan fingerprint density at radius 2 is 1.88 bits per heavy atom. The summed E-state index contributed by atoms with van der Waals surface area (Å²) in [5, 5.41) is 5.42. The van der Waals surface area contributed by atoms with Crippen LogP contribution in [0.25, 0.3) is 0 Å². The minimum atomic E-state index is -0.786. The summed E-state index contributed by atoms with van der Waals surface area (Å²) in [7, 11) is 0. The van der Waals surface area contributed by atoms with Crippen LogP contribution in [0.3, 0.4) is 0 Å². The second-order valence-corrected chi connectivity index (χ2v) is 7.69. The molecule has 26 heavy (non-hydrogen) atoms. The standard InChI is InChI=1S/C19H22BrN3O3/c1-19(2,3)26-18(25)23-16(9-13-7-5-4-6-8-13)17(24)22-15-10-14(20)11-21-12-15/h4-8,10-12,16H,9H2,1-3H3,(H,22,24)(H,23,25)/t16-/m0/s1. The topological polar surface area (TPSA) is 80.3 Å². The lowest BCUT2D eigenvalue weighted by Crippen LogP contribution is -2.47. The zero-order valence-corrected chi connectivity index (χ0v) is 16.5. The fourth-order valence-electron chi connectivity index (χ4n) is 2.22. The van der Waals surface area contributed by atoms with Crippen molar-refractivity contribution in [2.75, 3.05) is 5.32 Å². The van der Waals surface area contributed by atoms with Crippen LogP contribution in [0.4, 0.5) is 10.5 Å². The summed E-state index contributed by atoms with van der Waals surface area (Å²) in [6, 6.07) is 10.4. The molecule has 0 aliphatic heterocycles. The normalized spacial score (nSPS) is 12.2. The molecule has 0 radical (unpaired) electrons. The molecule has 0 fully saturated rings. The summed E-state index contributed by atoms with van der Waals surface area (Å²) in [5.74, 6) is -0.348. The number of pyridine rings is 1. The number of anilines is 1. The largest absolute Gasteiger partial charge is 0.444 e. The van der Waals surface area contributed by atoms with E-state index in [0.717, 1.165) is 10.0 Å². The van der Waals surface area contributed by atoms with Gasteiger partial charge in [-0.25, -0.2) is 4.79 Å². The fraction of sp³-hybridized carbons (Fsp3) is 0.316. The van der Waals surface area contributed by atoms with E-state index < -0.39 is 17.7 Å². The van der Waals surface area contributed by atoms with Crippen LogP contribution in [-0.2, 0) is 16.0 Å². The first kappa shape index (κ1) is 19.9. The number of rotatable bonds is 5. The number of carbonyl (C=O) groups is 2. The number of alkyl carbamates (subject to hydrolysis) is 1. The average molecular weight is 420 g/mol. The minimum Gasteiger partial charge on any atom is -0.444 e. The SMILES string of the molecule is CC(C)(C)OC(=O)N[C@@H](Cc1ccccc1)C(=O)Nc1cncc(Br)c1. The smallest absolute Gasteiger partial charge is 0.408 e. The van der Waals surface area contributed by atoms with E-state index in [1.165, 1.54) is 6.20 Å². The second kappa shape index (κ2) is 8.80. The van der Waals surface area contributed by atoms with E-state index in [-0.39, 0.29) is 5.91 Å². The summed E-state index contributed by atoms with van der Waals surface area (Å²) in [6.07, 6.45) is 2.86. The highest BCUT2D eigenvalue weighted by atomic mass is 79.9. The Balaban J connectivity index is 2.13. The zero-order chi connectivity index (χ0) is 19.2. The van der Waals surface area contributed by atoms with E-state index in [0.29, 0.717) is 12.1 Å². The van der Waals surface area contributed by atoms with Crippen LogP contribution >= 0.6 is 15.9 Å². The summed E-state index contributed by atoms with van der Waals surface area (Å²) in [5.41, 5.74) is 0.816. The molecule has 0 saturated carbocycles. The number of halogens is 1. The molecule has 0 saturated heterocycles. The van der Waals surface area contributed by atoms with E-state index >= 15 is 0 Å². The monoisotopic (exact) mass is 419 g/mol. The third-order valence-electron chi connectivity index (χ3n) is 3.26. The number of aromatic nitrogens is 1. The molecule has 2 amide bonds. The van der Waals surface area contributed by atoms with Crippen molar-refractivity contribution in [2.45, 2.75) is 38.8 Å². The molecule has 0 spiro atoms. The van der Waals surface area contributed by atoms with Crippen molar-refractivity contribution >= 4 is 33.6 Å². The number of nitrogens with one attached hydrogen (secondary N) is 2. The van der Waals surface area contributed by atoms with E-state index in [9.17, 15) is 9.59 Å². The zero-order valence-electron chi connectivity index (χ0n) is 15.0. The van der Waals surface area contributed by atoms with Crippen molar-refractivity contribution in [1.29, 1.82) is 0 Å². The molecule has 0 aliphatic carbocycles. The van der Waals surface area contributed by atoms with E-state index in [4.69, 9.17) is 4.74 Å². The molecule has 7 heteroatoms. The molecule has 1 aromatic heterocycles. The highest BCUT2D eigenvalue weighted by Gasteiger charge is 2.25. The van der Waals surface area contributed by atoms with Crippen LogP contribution in [0.15, 0.2) is 53.3 Å². The molecule has 6 nitrogen and oxygen atoms in total. The number of ether oxygens (including phenoxy) is 1. The molecule has 0 aliphatic rings. The summed E-state index contributed by atoms with van der Waals surface area (Å²) >= 11 is 3.31. The average Bonchev–Trinajstić information content (AvgIpc) is 2.53. The molecular weight excluding hydrogens is 398 g/mol. The van der Waals surface area contributed by atoms with Crippen molar-refractivity contribution in [3.8, 4) is 0 Å². The molecule has 2 N–H and O–H groups in total. The third-order valence-corrected chi connectivity index (χ3v) is 3.70. The van der Waals surface area contributed by atoms with Gasteiger partial charge in [0.15, 0.2) is 0 Å². The van der Waals surface area contributed by atoms with Crippen molar-refractivity contribution in [1.82, 2.24) is 10.3 Å². The van der Waals surface area contributed by atoms with Crippen molar-refractivity contribution in [2.24, 2.45) is 0 Å². The lowest BCUT2D eigenvalue weighted by atomic mass is 10.1. The minimum absolute atomic E-state index is 0.341. The van der Waals surface area contributed by atoms with Crippen LogP contribution in [0.2, 0.25) is 0 Å². The van der Waals surface area contributed by atoms with Gasteiger partial charge >= 0.3 is 6.09 Å². The molecule has 1 atom stereocenters. The number of nitrogens with zero attached hydrogens (tertiary/aromatic N) is 1. The van der Waals surface area contributed by atoms with Gasteiger partial charge in [0, 0.05) is 17.1 Å². The fourth-order valence-corrected chi connectivity index (χ4v) is 2.58. The van der Waals surface area contributed by atoms with E-state index in [1.54, 1.807) is 33.0 Å². The van der Waals surface area contributed by atoms with Gasteiger partial charge in [-0.2, -0.15) is 0 Å². The molecule has 2 aromatic rings. The maximum absolute atomic E-state index is 12.7. The number of carbonyl (C=O) groups excluding carboxylic acids is 2. The summed E-state index contributed by atoms with van der Waals surface area (Å²) in [6.45, 7) is 5.31. The Morgan fingerprint density at radius 1 is 1.19 bits per heavy atom. The maximum atomic E-state index is 12.7. The van der Waals surface area contributed by atoms with Crippen LogP contribution in [0.1, 0.15) is 26.3 Å². The number of hydrogen-bond acceptors (Lipinski definition) is 4. The van der Waals surface area contributed by atoms with Crippen LogP contribution in [0, 0.1) is 0 Å². The second-order valence-electron chi connectivity index (χ2n) is 6.77. The van der Waals surface area contributed by atoms with Crippen LogP contribution in [-0.4, -0.2) is 28.6 Å². The quantitative estimate of drug-likeness (QED) is 0.769. The van der Waals surface area contributed by atoms with Gasteiger partial charge in [-0.05, 0) is 48.3 Å². The lowest BCUT2D eigenvalue weighted by Gasteiger charge is -2.23. The van der Waals surface area contributed by atoms with Crippen LogP contribution < -0.4 is 10.6 Å². The molecule has 138 valence electrons. The van der Waals surface area contributed by atoms with Gasteiger partial charge in [0.1, 0.15) is 11.6 Å². The number of amides is 2. The first-order chi connectivity index (χ1) is 12.2. The van der Waals surface area contributed by atoms with Gasteiger partial charge in [-0.1, -0.05) is 30.3 Å². The molecular formula is C19H22BrN3O3.